The maximum absolute atomic E-state index is 12.3. The summed E-state index contributed by atoms with van der Waals surface area (Å²) in [6.45, 7) is 4.54. The molecule has 124 valence electrons. The van der Waals surface area contributed by atoms with E-state index in [0.29, 0.717) is 31.3 Å². The predicted molar refractivity (Wildman–Crippen MR) is 89.1 cm³/mol. The lowest BCUT2D eigenvalue weighted by molar-refractivity contribution is 0.0946. The maximum Gasteiger partial charge on any atom is 0.272 e. The van der Waals surface area contributed by atoms with E-state index in [4.69, 9.17) is 4.74 Å². The molecular weight excluding hydrogens is 306 g/mol. The van der Waals surface area contributed by atoms with Gasteiger partial charge in [-0.05, 0) is 19.4 Å². The Labute approximate surface area is 139 Å². The third kappa shape index (κ3) is 2.51. The highest BCUT2D eigenvalue weighted by Crippen LogP contribution is 2.25. The number of carbonyl (C=O) groups excluding carboxylic acids is 1. The molecule has 3 aromatic rings. The van der Waals surface area contributed by atoms with Crippen LogP contribution in [-0.4, -0.2) is 38.6 Å². The predicted octanol–water partition coefficient (Wildman–Crippen LogP) is 1.75. The van der Waals surface area contributed by atoms with Crippen molar-refractivity contribution in [2.75, 3.05) is 13.2 Å². The third-order valence-corrected chi connectivity index (χ3v) is 4.27. The lowest BCUT2D eigenvalue weighted by Gasteiger charge is -2.06. The molecule has 1 aromatic carbocycles. The summed E-state index contributed by atoms with van der Waals surface area (Å²) in [5.41, 5.74) is 2.37. The average Bonchev–Trinajstić information content (AvgIpc) is 3.28. The monoisotopic (exact) mass is 325 g/mol. The second-order valence-corrected chi connectivity index (χ2v) is 5.89. The lowest BCUT2D eigenvalue weighted by Crippen LogP contribution is -2.26. The number of aromatic nitrogens is 4. The van der Waals surface area contributed by atoms with E-state index in [0.717, 1.165) is 29.4 Å². The van der Waals surface area contributed by atoms with Crippen molar-refractivity contribution in [2.45, 2.75) is 26.4 Å². The number of nitrogens with zero attached hydrogens (tertiary/aromatic N) is 4. The first kappa shape index (κ1) is 14.7. The Hall–Kier alpha value is -2.83. The third-order valence-electron chi connectivity index (χ3n) is 4.27. The molecule has 0 atom stereocenters. The number of carbonyl (C=O) groups is 1. The molecule has 1 aliphatic heterocycles. The Bertz CT molecular complexity index is 896. The minimum Gasteiger partial charge on any atom is -0.476 e. The number of hydrogen-bond donors (Lipinski definition) is 1. The highest BCUT2D eigenvalue weighted by atomic mass is 16.5. The summed E-state index contributed by atoms with van der Waals surface area (Å²) in [4.78, 5) is 12.3. The van der Waals surface area contributed by atoms with Gasteiger partial charge in [-0.1, -0.05) is 18.2 Å². The summed E-state index contributed by atoms with van der Waals surface area (Å²) < 4.78 is 9.20. The average molecular weight is 325 g/mol. The Balaban J connectivity index is 1.33. The molecule has 4 rings (SSSR count). The summed E-state index contributed by atoms with van der Waals surface area (Å²) in [6, 6.07) is 8.11. The van der Waals surface area contributed by atoms with Gasteiger partial charge in [-0.15, -0.1) is 0 Å². The van der Waals surface area contributed by atoms with Crippen LogP contribution < -0.4 is 10.1 Å². The van der Waals surface area contributed by atoms with Gasteiger partial charge in [0, 0.05) is 24.0 Å². The minimum atomic E-state index is -0.150. The number of aryl methyl sites for hydroxylation is 1. The molecule has 24 heavy (non-hydrogen) atoms. The van der Waals surface area contributed by atoms with Gasteiger partial charge in [-0.3, -0.25) is 9.48 Å². The summed E-state index contributed by atoms with van der Waals surface area (Å²) in [5.74, 6) is 0.562. The van der Waals surface area contributed by atoms with Crippen LogP contribution in [0.1, 0.15) is 22.5 Å². The van der Waals surface area contributed by atoms with E-state index in [-0.39, 0.29) is 5.91 Å². The van der Waals surface area contributed by atoms with E-state index in [1.54, 1.807) is 4.68 Å². The van der Waals surface area contributed by atoms with Gasteiger partial charge in [-0.2, -0.15) is 10.2 Å². The molecule has 1 amide bonds. The first-order valence-electron chi connectivity index (χ1n) is 8.13. The van der Waals surface area contributed by atoms with Gasteiger partial charge in [0.15, 0.2) is 5.69 Å². The standard InChI is InChI=1S/C17H19N5O2/c1-12-15(20-22-9-10-24-17(12)22)16(23)18-7-4-8-21-14-6-3-2-5-13(14)11-19-21/h2-3,5-6,11H,4,7-10H2,1H3,(H,18,23). The van der Waals surface area contributed by atoms with Crippen molar-refractivity contribution in [2.24, 2.45) is 0 Å². The molecular formula is C17H19N5O2. The molecule has 0 unspecified atom stereocenters. The van der Waals surface area contributed by atoms with Crippen LogP contribution >= 0.6 is 0 Å². The molecule has 7 nitrogen and oxygen atoms in total. The van der Waals surface area contributed by atoms with Gasteiger partial charge in [-0.25, -0.2) is 4.68 Å². The molecule has 1 aliphatic rings. The van der Waals surface area contributed by atoms with Gasteiger partial charge in [0.05, 0.1) is 18.3 Å². The van der Waals surface area contributed by atoms with Crippen LogP contribution in [0.4, 0.5) is 0 Å². The topological polar surface area (TPSA) is 74.0 Å². The van der Waals surface area contributed by atoms with Crippen molar-refractivity contribution >= 4 is 16.8 Å². The Kier molecular flexibility index (Phi) is 3.68. The Morgan fingerprint density at radius 1 is 1.38 bits per heavy atom. The first-order chi connectivity index (χ1) is 11.7. The zero-order valence-electron chi connectivity index (χ0n) is 13.5. The number of amides is 1. The van der Waals surface area contributed by atoms with E-state index < -0.39 is 0 Å². The maximum atomic E-state index is 12.3. The van der Waals surface area contributed by atoms with Crippen LogP contribution in [0.5, 0.6) is 5.88 Å². The van der Waals surface area contributed by atoms with E-state index >= 15 is 0 Å². The summed E-state index contributed by atoms with van der Waals surface area (Å²) in [7, 11) is 0. The van der Waals surface area contributed by atoms with Crippen molar-refractivity contribution in [3.63, 3.8) is 0 Å². The molecule has 0 spiro atoms. The fourth-order valence-corrected chi connectivity index (χ4v) is 3.03. The first-order valence-corrected chi connectivity index (χ1v) is 8.13. The van der Waals surface area contributed by atoms with Crippen molar-refractivity contribution in [3.8, 4) is 5.88 Å². The number of ether oxygens (including phenoxy) is 1. The van der Waals surface area contributed by atoms with Gasteiger partial charge in [0.25, 0.3) is 5.91 Å². The summed E-state index contributed by atoms with van der Waals surface area (Å²) in [5, 5.41) is 12.8. The lowest BCUT2D eigenvalue weighted by atomic mass is 10.2. The zero-order chi connectivity index (χ0) is 16.5. The minimum absolute atomic E-state index is 0.150. The van der Waals surface area contributed by atoms with Crippen molar-refractivity contribution in [1.82, 2.24) is 24.9 Å². The van der Waals surface area contributed by atoms with Crippen LogP contribution in [0.2, 0.25) is 0 Å². The van der Waals surface area contributed by atoms with Gasteiger partial charge in [0.2, 0.25) is 5.88 Å². The van der Waals surface area contributed by atoms with E-state index in [1.165, 1.54) is 0 Å². The number of benzene rings is 1. The van der Waals surface area contributed by atoms with Gasteiger partial charge in [0.1, 0.15) is 6.61 Å². The molecule has 3 heterocycles. The van der Waals surface area contributed by atoms with Crippen molar-refractivity contribution in [3.05, 3.63) is 41.7 Å². The number of nitrogens with one attached hydrogen (secondary N) is 1. The van der Waals surface area contributed by atoms with Crippen LogP contribution in [0.15, 0.2) is 30.5 Å². The highest BCUT2D eigenvalue weighted by molar-refractivity contribution is 5.94. The quantitative estimate of drug-likeness (QED) is 0.725. The fourth-order valence-electron chi connectivity index (χ4n) is 3.03. The molecule has 0 fully saturated rings. The Morgan fingerprint density at radius 3 is 3.12 bits per heavy atom. The van der Waals surface area contributed by atoms with E-state index in [2.05, 4.69) is 21.6 Å². The zero-order valence-corrected chi connectivity index (χ0v) is 13.5. The van der Waals surface area contributed by atoms with Crippen LogP contribution in [0.25, 0.3) is 10.9 Å². The van der Waals surface area contributed by atoms with Crippen molar-refractivity contribution in [1.29, 1.82) is 0 Å². The summed E-state index contributed by atoms with van der Waals surface area (Å²) >= 11 is 0. The van der Waals surface area contributed by atoms with Crippen LogP contribution in [0, 0.1) is 6.92 Å². The molecule has 0 bridgehead atoms. The molecule has 0 aliphatic carbocycles. The SMILES string of the molecule is Cc1c(C(=O)NCCCn2ncc3ccccc32)nn2c1OCC2. The number of hydrogen-bond acceptors (Lipinski definition) is 4. The number of fused-ring (bicyclic) bond motifs is 2. The second-order valence-electron chi connectivity index (χ2n) is 5.89. The van der Waals surface area contributed by atoms with Gasteiger partial charge < -0.3 is 10.1 Å². The number of para-hydroxylation sites is 1. The molecule has 0 radical (unpaired) electrons. The van der Waals surface area contributed by atoms with Gasteiger partial charge >= 0.3 is 0 Å². The smallest absolute Gasteiger partial charge is 0.272 e. The molecule has 2 aromatic heterocycles. The fraction of sp³-hybridized carbons (Fsp3) is 0.353. The highest BCUT2D eigenvalue weighted by Gasteiger charge is 2.24. The number of rotatable bonds is 5. The normalized spacial score (nSPS) is 13.0. The van der Waals surface area contributed by atoms with E-state index in [1.807, 2.05) is 36.0 Å². The molecule has 1 N–H and O–H groups in total. The molecule has 7 heteroatoms. The van der Waals surface area contributed by atoms with Crippen LogP contribution in [-0.2, 0) is 13.1 Å². The van der Waals surface area contributed by atoms with E-state index in [9.17, 15) is 4.79 Å². The Morgan fingerprint density at radius 2 is 2.25 bits per heavy atom. The van der Waals surface area contributed by atoms with Crippen LogP contribution in [0.3, 0.4) is 0 Å². The molecule has 0 saturated carbocycles. The van der Waals surface area contributed by atoms with Crippen molar-refractivity contribution < 1.29 is 9.53 Å². The summed E-state index contributed by atoms with van der Waals surface area (Å²) in [6.07, 6.45) is 2.67. The largest absolute Gasteiger partial charge is 0.476 e. The molecule has 0 saturated heterocycles. The second kappa shape index (κ2) is 5.99.